The van der Waals surface area contributed by atoms with Gasteiger partial charge in [-0.1, -0.05) is 24.6 Å². The van der Waals surface area contributed by atoms with Crippen molar-refractivity contribution < 1.29 is 4.74 Å². The second-order valence-corrected chi connectivity index (χ2v) is 5.91. The van der Waals surface area contributed by atoms with Gasteiger partial charge in [-0.25, -0.2) is 0 Å². The van der Waals surface area contributed by atoms with Crippen molar-refractivity contribution in [3.05, 3.63) is 29.8 Å². The van der Waals surface area contributed by atoms with Gasteiger partial charge >= 0.3 is 0 Å². The van der Waals surface area contributed by atoms with Crippen molar-refractivity contribution in [1.29, 1.82) is 0 Å². The summed E-state index contributed by atoms with van der Waals surface area (Å²) in [4.78, 5) is 2.54. The van der Waals surface area contributed by atoms with Crippen molar-refractivity contribution in [3.63, 3.8) is 0 Å². The molecule has 1 fully saturated rings. The van der Waals surface area contributed by atoms with Crippen molar-refractivity contribution in [2.45, 2.75) is 58.2 Å². The molecule has 2 N–H and O–H groups in total. The van der Waals surface area contributed by atoms with Crippen LogP contribution in [0, 0.1) is 0 Å². The number of hydrogen-bond donors (Lipinski definition) is 1. The zero-order valence-corrected chi connectivity index (χ0v) is 13.0. The molecule has 1 aromatic carbocycles. The van der Waals surface area contributed by atoms with Crippen LogP contribution in [0.3, 0.4) is 0 Å². The Labute approximate surface area is 123 Å². The summed E-state index contributed by atoms with van der Waals surface area (Å²) < 4.78 is 5.83. The van der Waals surface area contributed by atoms with Crippen LogP contribution < -0.4 is 10.5 Å². The van der Waals surface area contributed by atoms with E-state index in [9.17, 15) is 0 Å². The van der Waals surface area contributed by atoms with E-state index in [0.717, 1.165) is 18.7 Å². The van der Waals surface area contributed by atoms with Crippen LogP contribution in [0.4, 0.5) is 0 Å². The normalized spacial score (nSPS) is 24.6. The summed E-state index contributed by atoms with van der Waals surface area (Å²) in [5.74, 6) is 0.989. The van der Waals surface area contributed by atoms with Crippen LogP contribution in [0.2, 0.25) is 0 Å². The molecule has 2 atom stereocenters. The predicted octanol–water partition coefficient (Wildman–Crippen LogP) is 3.35. The second kappa shape index (κ2) is 7.09. The van der Waals surface area contributed by atoms with Gasteiger partial charge in [0, 0.05) is 17.6 Å². The molecule has 0 saturated carbocycles. The highest BCUT2D eigenvalue weighted by Gasteiger charge is 2.32. The standard InChI is InChI=1S/C17H28N2O/c1-4-20-16-11-6-5-9-14(16)17-15(18)10-7-8-12-19(17)13(2)3/h5-6,9,11,13,15,17H,4,7-8,10,12,18H2,1-3H3. The summed E-state index contributed by atoms with van der Waals surface area (Å²) in [6, 6.07) is 9.32. The summed E-state index contributed by atoms with van der Waals surface area (Å²) in [6.45, 7) is 8.36. The molecule has 1 heterocycles. The van der Waals surface area contributed by atoms with Gasteiger partial charge < -0.3 is 10.5 Å². The van der Waals surface area contributed by atoms with Crippen LogP contribution in [0.1, 0.15) is 51.6 Å². The maximum atomic E-state index is 6.51. The monoisotopic (exact) mass is 276 g/mol. The van der Waals surface area contributed by atoms with Crippen molar-refractivity contribution in [2.24, 2.45) is 5.73 Å². The average Bonchev–Trinajstić information content (AvgIpc) is 2.62. The van der Waals surface area contributed by atoms with Crippen LogP contribution in [-0.2, 0) is 0 Å². The fourth-order valence-corrected chi connectivity index (χ4v) is 3.22. The van der Waals surface area contributed by atoms with E-state index in [1.165, 1.54) is 18.4 Å². The number of nitrogens with zero attached hydrogens (tertiary/aromatic N) is 1. The maximum Gasteiger partial charge on any atom is 0.124 e. The lowest BCUT2D eigenvalue weighted by Crippen LogP contribution is -2.43. The third-order valence-electron chi connectivity index (χ3n) is 4.17. The smallest absolute Gasteiger partial charge is 0.124 e. The van der Waals surface area contributed by atoms with Crippen molar-refractivity contribution >= 4 is 0 Å². The van der Waals surface area contributed by atoms with E-state index in [1.807, 2.05) is 13.0 Å². The average molecular weight is 276 g/mol. The molecular weight excluding hydrogens is 248 g/mol. The molecule has 0 aliphatic carbocycles. The highest BCUT2D eigenvalue weighted by Crippen LogP contribution is 2.36. The molecule has 0 aromatic heterocycles. The zero-order chi connectivity index (χ0) is 14.5. The first-order valence-corrected chi connectivity index (χ1v) is 7.88. The van der Waals surface area contributed by atoms with E-state index in [0.29, 0.717) is 12.6 Å². The topological polar surface area (TPSA) is 38.5 Å². The molecule has 0 spiro atoms. The Bertz CT molecular complexity index is 419. The molecule has 112 valence electrons. The minimum absolute atomic E-state index is 0.182. The predicted molar refractivity (Wildman–Crippen MR) is 84.0 cm³/mol. The third kappa shape index (κ3) is 3.33. The highest BCUT2D eigenvalue weighted by molar-refractivity contribution is 5.37. The Morgan fingerprint density at radius 2 is 2.05 bits per heavy atom. The summed E-state index contributed by atoms with van der Waals surface area (Å²) in [5, 5.41) is 0. The molecule has 0 radical (unpaired) electrons. The van der Waals surface area contributed by atoms with Crippen LogP contribution in [0.25, 0.3) is 0 Å². The van der Waals surface area contributed by atoms with E-state index in [-0.39, 0.29) is 12.1 Å². The van der Waals surface area contributed by atoms with Crippen molar-refractivity contribution in [3.8, 4) is 5.75 Å². The van der Waals surface area contributed by atoms with Crippen molar-refractivity contribution in [1.82, 2.24) is 4.90 Å². The van der Waals surface area contributed by atoms with Crippen LogP contribution in [0.5, 0.6) is 5.75 Å². The maximum absolute atomic E-state index is 6.51. The molecule has 3 heteroatoms. The van der Waals surface area contributed by atoms with Gasteiger partial charge in [0.2, 0.25) is 0 Å². The number of para-hydroxylation sites is 1. The fourth-order valence-electron chi connectivity index (χ4n) is 3.22. The zero-order valence-electron chi connectivity index (χ0n) is 13.0. The Balaban J connectivity index is 2.38. The largest absolute Gasteiger partial charge is 0.494 e. The molecule has 1 aliphatic heterocycles. The SMILES string of the molecule is CCOc1ccccc1C1C(N)CCCCN1C(C)C. The lowest BCUT2D eigenvalue weighted by Gasteiger charge is -2.37. The molecule has 1 saturated heterocycles. The molecule has 1 aromatic rings. The Hall–Kier alpha value is -1.06. The molecular formula is C17H28N2O. The molecule has 0 bridgehead atoms. The minimum atomic E-state index is 0.182. The molecule has 2 rings (SSSR count). The number of ether oxygens (including phenoxy) is 1. The minimum Gasteiger partial charge on any atom is -0.494 e. The molecule has 2 unspecified atom stereocenters. The Morgan fingerprint density at radius 3 is 2.75 bits per heavy atom. The van der Waals surface area contributed by atoms with Crippen LogP contribution >= 0.6 is 0 Å². The van der Waals surface area contributed by atoms with E-state index < -0.39 is 0 Å². The van der Waals surface area contributed by atoms with E-state index in [2.05, 4.69) is 36.9 Å². The summed E-state index contributed by atoms with van der Waals surface area (Å²) >= 11 is 0. The van der Waals surface area contributed by atoms with Crippen molar-refractivity contribution in [2.75, 3.05) is 13.2 Å². The molecule has 1 aliphatic rings. The third-order valence-corrected chi connectivity index (χ3v) is 4.17. The fraction of sp³-hybridized carbons (Fsp3) is 0.647. The van der Waals surface area contributed by atoms with Gasteiger partial charge in [-0.3, -0.25) is 4.90 Å². The van der Waals surface area contributed by atoms with Gasteiger partial charge in [-0.2, -0.15) is 0 Å². The first-order valence-electron chi connectivity index (χ1n) is 7.88. The molecule has 20 heavy (non-hydrogen) atoms. The van der Waals surface area contributed by atoms with Gasteiger partial charge in [-0.05, 0) is 46.2 Å². The van der Waals surface area contributed by atoms with Crippen LogP contribution in [-0.4, -0.2) is 30.1 Å². The summed E-state index contributed by atoms with van der Waals surface area (Å²) in [5.41, 5.74) is 7.75. The molecule has 3 nitrogen and oxygen atoms in total. The summed E-state index contributed by atoms with van der Waals surface area (Å²) in [6.07, 6.45) is 3.55. The van der Waals surface area contributed by atoms with E-state index in [1.54, 1.807) is 0 Å². The second-order valence-electron chi connectivity index (χ2n) is 5.91. The quantitative estimate of drug-likeness (QED) is 0.916. The molecule has 0 amide bonds. The van der Waals surface area contributed by atoms with Gasteiger partial charge in [0.05, 0.1) is 12.6 Å². The van der Waals surface area contributed by atoms with Gasteiger partial charge in [0.15, 0.2) is 0 Å². The lowest BCUT2D eigenvalue weighted by atomic mass is 9.94. The number of hydrogen-bond acceptors (Lipinski definition) is 3. The van der Waals surface area contributed by atoms with Gasteiger partial charge in [0.1, 0.15) is 5.75 Å². The Morgan fingerprint density at radius 1 is 1.30 bits per heavy atom. The van der Waals surface area contributed by atoms with E-state index in [4.69, 9.17) is 10.5 Å². The first-order chi connectivity index (χ1) is 9.65. The highest BCUT2D eigenvalue weighted by atomic mass is 16.5. The summed E-state index contributed by atoms with van der Waals surface area (Å²) in [7, 11) is 0. The lowest BCUT2D eigenvalue weighted by molar-refractivity contribution is 0.140. The van der Waals surface area contributed by atoms with Crippen LogP contribution in [0.15, 0.2) is 24.3 Å². The Kier molecular flexibility index (Phi) is 5.44. The van der Waals surface area contributed by atoms with E-state index >= 15 is 0 Å². The van der Waals surface area contributed by atoms with Gasteiger partial charge in [0.25, 0.3) is 0 Å². The number of likely N-dealkylation sites (tertiary alicyclic amines) is 1. The first kappa shape index (κ1) is 15.3. The number of rotatable bonds is 4. The number of nitrogens with two attached hydrogens (primary N) is 1. The number of benzene rings is 1. The van der Waals surface area contributed by atoms with Gasteiger partial charge in [-0.15, -0.1) is 0 Å².